The standard InChI is InChI=1S/C15H18N2O2.ClH/c1-10-8-16-7-6-13(10)17-15(18)12-9-19-14-5-3-2-4-11(12)14;/h2-5,9-10,13,16H,6-8H2,1H3,(H,17,18);1H. The molecule has 5 heteroatoms. The molecule has 3 rings (SSSR count). The van der Waals surface area contributed by atoms with Gasteiger partial charge in [-0.05, 0) is 31.5 Å². The summed E-state index contributed by atoms with van der Waals surface area (Å²) < 4.78 is 5.41. The van der Waals surface area contributed by atoms with E-state index in [1.165, 1.54) is 0 Å². The smallest absolute Gasteiger partial charge is 0.255 e. The first-order valence-corrected chi connectivity index (χ1v) is 6.73. The van der Waals surface area contributed by atoms with Gasteiger partial charge in [0.1, 0.15) is 11.8 Å². The third-order valence-electron chi connectivity index (χ3n) is 3.83. The topological polar surface area (TPSA) is 54.3 Å². The number of hydrogen-bond acceptors (Lipinski definition) is 3. The first-order valence-electron chi connectivity index (χ1n) is 6.73. The molecule has 2 unspecified atom stereocenters. The van der Waals surface area contributed by atoms with Crippen LogP contribution in [0.15, 0.2) is 34.9 Å². The zero-order chi connectivity index (χ0) is 13.2. The van der Waals surface area contributed by atoms with Crippen LogP contribution in [0.3, 0.4) is 0 Å². The summed E-state index contributed by atoms with van der Waals surface area (Å²) in [5, 5.41) is 7.33. The minimum absolute atomic E-state index is 0. The van der Waals surface area contributed by atoms with Crippen molar-refractivity contribution >= 4 is 29.3 Å². The number of furan rings is 1. The highest BCUT2D eigenvalue weighted by molar-refractivity contribution is 6.06. The third kappa shape index (κ3) is 2.81. The second-order valence-electron chi connectivity index (χ2n) is 5.20. The molecule has 0 saturated carbocycles. The molecule has 1 aromatic carbocycles. The van der Waals surface area contributed by atoms with E-state index in [-0.39, 0.29) is 24.4 Å². The predicted octanol–water partition coefficient (Wildman–Crippen LogP) is 2.58. The van der Waals surface area contributed by atoms with Crippen molar-refractivity contribution in [3.05, 3.63) is 36.1 Å². The van der Waals surface area contributed by atoms with Crippen LogP contribution >= 0.6 is 12.4 Å². The summed E-state index contributed by atoms with van der Waals surface area (Å²) in [5.74, 6) is 0.416. The number of benzene rings is 1. The second-order valence-corrected chi connectivity index (χ2v) is 5.20. The maximum atomic E-state index is 12.3. The molecule has 1 aliphatic heterocycles. The lowest BCUT2D eigenvalue weighted by atomic mass is 9.95. The molecule has 1 aromatic heterocycles. The van der Waals surface area contributed by atoms with Gasteiger partial charge in [0.2, 0.25) is 0 Å². The fraction of sp³-hybridized carbons (Fsp3) is 0.400. The molecule has 0 bridgehead atoms. The molecule has 1 saturated heterocycles. The molecule has 2 heterocycles. The summed E-state index contributed by atoms with van der Waals surface area (Å²) in [7, 11) is 0. The van der Waals surface area contributed by atoms with Crippen LogP contribution < -0.4 is 10.6 Å². The number of carbonyl (C=O) groups is 1. The van der Waals surface area contributed by atoms with E-state index in [1.807, 2.05) is 24.3 Å². The van der Waals surface area contributed by atoms with Gasteiger partial charge in [-0.3, -0.25) is 4.79 Å². The van der Waals surface area contributed by atoms with Crippen LogP contribution in [0.5, 0.6) is 0 Å². The number of nitrogens with one attached hydrogen (secondary N) is 2. The highest BCUT2D eigenvalue weighted by Crippen LogP contribution is 2.21. The van der Waals surface area contributed by atoms with Crippen molar-refractivity contribution < 1.29 is 9.21 Å². The quantitative estimate of drug-likeness (QED) is 0.895. The number of hydrogen-bond donors (Lipinski definition) is 2. The van der Waals surface area contributed by atoms with Crippen LogP contribution in [0, 0.1) is 5.92 Å². The molecule has 1 amide bonds. The van der Waals surface area contributed by atoms with E-state index >= 15 is 0 Å². The van der Waals surface area contributed by atoms with Gasteiger partial charge in [-0.15, -0.1) is 12.4 Å². The molecule has 1 aliphatic rings. The molecule has 2 aromatic rings. The van der Waals surface area contributed by atoms with Gasteiger partial charge in [-0.2, -0.15) is 0 Å². The first-order chi connectivity index (χ1) is 9.25. The van der Waals surface area contributed by atoms with E-state index in [9.17, 15) is 4.79 Å². The van der Waals surface area contributed by atoms with Crippen molar-refractivity contribution in [2.24, 2.45) is 5.92 Å². The Morgan fingerprint density at radius 3 is 3.00 bits per heavy atom. The highest BCUT2D eigenvalue weighted by atomic mass is 35.5. The second kappa shape index (κ2) is 6.29. The minimum Gasteiger partial charge on any atom is -0.463 e. The maximum absolute atomic E-state index is 12.3. The average Bonchev–Trinajstić information content (AvgIpc) is 2.85. The van der Waals surface area contributed by atoms with Crippen molar-refractivity contribution in [1.82, 2.24) is 10.6 Å². The molecule has 0 aliphatic carbocycles. The van der Waals surface area contributed by atoms with Gasteiger partial charge in [0.05, 0.1) is 5.56 Å². The van der Waals surface area contributed by atoms with Crippen LogP contribution in [-0.4, -0.2) is 25.0 Å². The molecule has 4 nitrogen and oxygen atoms in total. The summed E-state index contributed by atoms with van der Waals surface area (Å²) in [4.78, 5) is 12.3. The van der Waals surface area contributed by atoms with E-state index in [4.69, 9.17) is 4.42 Å². The summed E-state index contributed by atoms with van der Waals surface area (Å²) in [6, 6.07) is 7.85. The Bertz CT molecular complexity index is 596. The van der Waals surface area contributed by atoms with Crippen LogP contribution in [0.25, 0.3) is 11.0 Å². The number of carbonyl (C=O) groups excluding carboxylic acids is 1. The van der Waals surface area contributed by atoms with E-state index in [0.717, 1.165) is 30.5 Å². The molecule has 0 radical (unpaired) electrons. The SMILES string of the molecule is CC1CNCCC1NC(=O)c1coc2ccccc12.Cl. The maximum Gasteiger partial charge on any atom is 0.255 e. The van der Waals surface area contributed by atoms with Crippen molar-refractivity contribution in [1.29, 1.82) is 0 Å². The fourth-order valence-corrected chi connectivity index (χ4v) is 2.63. The lowest BCUT2D eigenvalue weighted by Gasteiger charge is -2.30. The van der Waals surface area contributed by atoms with Crippen molar-refractivity contribution in [3.8, 4) is 0 Å². The van der Waals surface area contributed by atoms with Gasteiger partial charge in [-0.25, -0.2) is 0 Å². The van der Waals surface area contributed by atoms with Crippen molar-refractivity contribution in [3.63, 3.8) is 0 Å². The molecule has 0 spiro atoms. The van der Waals surface area contributed by atoms with Crippen LogP contribution in [-0.2, 0) is 0 Å². The van der Waals surface area contributed by atoms with Crippen LogP contribution in [0.4, 0.5) is 0 Å². The van der Waals surface area contributed by atoms with E-state index < -0.39 is 0 Å². The zero-order valence-corrected chi connectivity index (χ0v) is 12.2. The lowest BCUT2D eigenvalue weighted by Crippen LogP contribution is -2.48. The lowest BCUT2D eigenvalue weighted by molar-refractivity contribution is 0.0915. The normalized spacial score (nSPS) is 22.2. The Labute approximate surface area is 124 Å². The molecule has 2 atom stereocenters. The Morgan fingerprint density at radius 2 is 2.20 bits per heavy atom. The molecule has 1 fully saturated rings. The minimum atomic E-state index is -0.0382. The first kappa shape index (κ1) is 14.9. The van der Waals surface area contributed by atoms with Crippen LogP contribution in [0.1, 0.15) is 23.7 Å². The zero-order valence-electron chi connectivity index (χ0n) is 11.4. The van der Waals surface area contributed by atoms with Gasteiger partial charge in [0.15, 0.2) is 0 Å². The Morgan fingerprint density at radius 1 is 1.40 bits per heavy atom. The monoisotopic (exact) mass is 294 g/mol. The van der Waals surface area contributed by atoms with E-state index in [1.54, 1.807) is 6.26 Å². The van der Waals surface area contributed by atoms with Crippen molar-refractivity contribution in [2.45, 2.75) is 19.4 Å². The Kier molecular flexibility index (Phi) is 4.68. The van der Waals surface area contributed by atoms with Gasteiger partial charge in [-0.1, -0.05) is 25.1 Å². The molecular formula is C15H19ClN2O2. The predicted molar refractivity (Wildman–Crippen MR) is 81.4 cm³/mol. The van der Waals surface area contributed by atoms with E-state index in [0.29, 0.717) is 11.5 Å². The van der Waals surface area contributed by atoms with Gasteiger partial charge >= 0.3 is 0 Å². The van der Waals surface area contributed by atoms with Crippen LogP contribution in [0.2, 0.25) is 0 Å². The number of halogens is 1. The van der Waals surface area contributed by atoms with Gasteiger partial charge in [0, 0.05) is 11.4 Å². The summed E-state index contributed by atoms with van der Waals surface area (Å²) >= 11 is 0. The van der Waals surface area contributed by atoms with Gasteiger partial charge in [0.25, 0.3) is 5.91 Å². The van der Waals surface area contributed by atoms with Gasteiger partial charge < -0.3 is 15.1 Å². The largest absolute Gasteiger partial charge is 0.463 e. The number of fused-ring (bicyclic) bond motifs is 1. The number of piperidine rings is 1. The average molecular weight is 295 g/mol. The summed E-state index contributed by atoms with van der Waals surface area (Å²) in [6.45, 7) is 4.07. The summed E-state index contributed by atoms with van der Waals surface area (Å²) in [6.07, 6.45) is 2.52. The van der Waals surface area contributed by atoms with Crippen molar-refractivity contribution in [2.75, 3.05) is 13.1 Å². The number of rotatable bonds is 2. The number of amides is 1. The molecule has 2 N–H and O–H groups in total. The van der Waals surface area contributed by atoms with E-state index in [2.05, 4.69) is 17.6 Å². The fourth-order valence-electron chi connectivity index (χ4n) is 2.63. The highest BCUT2D eigenvalue weighted by Gasteiger charge is 2.24. The third-order valence-corrected chi connectivity index (χ3v) is 3.83. The molecular weight excluding hydrogens is 276 g/mol. The Hall–Kier alpha value is -1.52. The number of para-hydroxylation sites is 1. The summed E-state index contributed by atoms with van der Waals surface area (Å²) in [5.41, 5.74) is 1.38. The molecule has 108 valence electrons. The molecule has 20 heavy (non-hydrogen) atoms. The Balaban J connectivity index is 0.00000147.